The van der Waals surface area contributed by atoms with Crippen LogP contribution in [0.15, 0.2) is 0 Å². The summed E-state index contributed by atoms with van der Waals surface area (Å²) in [5, 5.41) is 0. The van der Waals surface area contributed by atoms with Gasteiger partial charge in [0.05, 0.1) is 0 Å². The fourth-order valence-corrected chi connectivity index (χ4v) is 2.88. The number of hydrogen-bond donors (Lipinski definition) is 2. The topological polar surface area (TPSA) is 75.4 Å². The third-order valence-electron chi connectivity index (χ3n) is 3.00. The predicted molar refractivity (Wildman–Crippen MR) is 67.8 cm³/mol. The van der Waals surface area contributed by atoms with E-state index in [0.717, 1.165) is 12.8 Å². The van der Waals surface area contributed by atoms with Crippen molar-refractivity contribution < 1.29 is 8.42 Å². The van der Waals surface area contributed by atoms with Crippen molar-refractivity contribution in [1.82, 2.24) is 9.03 Å². The summed E-state index contributed by atoms with van der Waals surface area (Å²) in [6.45, 7) is 0.373. The van der Waals surface area contributed by atoms with Crippen molar-refractivity contribution in [2.45, 2.75) is 31.7 Å². The van der Waals surface area contributed by atoms with Crippen molar-refractivity contribution in [3.05, 3.63) is 0 Å². The molecule has 1 atom stereocenters. The van der Waals surface area contributed by atoms with Crippen molar-refractivity contribution in [2.75, 3.05) is 20.6 Å². The maximum atomic E-state index is 11.6. The molecule has 0 aromatic heterocycles. The number of nitrogens with one attached hydrogen (secondary N) is 1. The van der Waals surface area contributed by atoms with Crippen LogP contribution in [0.2, 0.25) is 0 Å². The Labute approximate surface area is 104 Å². The molecule has 0 aromatic rings. The van der Waals surface area contributed by atoms with Crippen LogP contribution in [0.1, 0.15) is 25.7 Å². The van der Waals surface area contributed by atoms with E-state index in [0.29, 0.717) is 12.5 Å². The molecule has 0 aliphatic heterocycles. The zero-order valence-corrected chi connectivity index (χ0v) is 11.5. The standard InChI is InChI=1S/C9H21N3O2S.ClH/c1-12(2)15(13,14)11-9(7-10)8-5-3-4-6-8;/h8-9,11H,3-7,10H2,1-2H3;1H. The number of nitrogens with two attached hydrogens (primary N) is 1. The van der Waals surface area contributed by atoms with Crippen LogP contribution in [0.4, 0.5) is 0 Å². The Bertz CT molecular complexity index is 289. The molecule has 0 heterocycles. The van der Waals surface area contributed by atoms with Gasteiger partial charge < -0.3 is 5.73 Å². The first-order chi connectivity index (χ1) is 6.97. The first kappa shape index (κ1) is 16.1. The van der Waals surface area contributed by atoms with E-state index in [1.165, 1.54) is 31.2 Å². The zero-order valence-electron chi connectivity index (χ0n) is 9.85. The molecule has 0 aromatic carbocycles. The lowest BCUT2D eigenvalue weighted by atomic mass is 9.99. The van der Waals surface area contributed by atoms with E-state index >= 15 is 0 Å². The summed E-state index contributed by atoms with van der Waals surface area (Å²) in [6.07, 6.45) is 4.53. The monoisotopic (exact) mass is 271 g/mol. The largest absolute Gasteiger partial charge is 0.329 e. The summed E-state index contributed by atoms with van der Waals surface area (Å²) in [5.41, 5.74) is 5.61. The van der Waals surface area contributed by atoms with Crippen LogP contribution in [0.5, 0.6) is 0 Å². The third kappa shape index (κ3) is 4.18. The summed E-state index contributed by atoms with van der Waals surface area (Å²) in [6, 6.07) is -0.111. The van der Waals surface area contributed by atoms with Crippen molar-refractivity contribution >= 4 is 22.6 Å². The SMILES string of the molecule is CN(C)S(=O)(=O)NC(CN)C1CCCC1.Cl. The number of hydrogen-bond acceptors (Lipinski definition) is 3. The maximum absolute atomic E-state index is 11.6. The first-order valence-electron chi connectivity index (χ1n) is 5.37. The molecule has 0 bridgehead atoms. The van der Waals surface area contributed by atoms with Crippen molar-refractivity contribution in [1.29, 1.82) is 0 Å². The fourth-order valence-electron chi connectivity index (χ4n) is 1.99. The smallest absolute Gasteiger partial charge is 0.279 e. The molecule has 1 aliphatic rings. The van der Waals surface area contributed by atoms with Crippen LogP contribution >= 0.6 is 12.4 Å². The van der Waals surface area contributed by atoms with Gasteiger partial charge in [-0.05, 0) is 18.8 Å². The van der Waals surface area contributed by atoms with Gasteiger partial charge >= 0.3 is 0 Å². The molecule has 16 heavy (non-hydrogen) atoms. The van der Waals surface area contributed by atoms with Crippen molar-refractivity contribution in [3.63, 3.8) is 0 Å². The van der Waals surface area contributed by atoms with Crippen LogP contribution in [-0.4, -0.2) is 39.4 Å². The molecule has 0 amide bonds. The summed E-state index contributed by atoms with van der Waals surface area (Å²) in [5.74, 6) is 0.407. The Balaban J connectivity index is 0.00000225. The Morgan fingerprint density at radius 2 is 1.88 bits per heavy atom. The van der Waals surface area contributed by atoms with Gasteiger partial charge in [-0.1, -0.05) is 12.8 Å². The first-order valence-corrected chi connectivity index (χ1v) is 6.81. The lowest BCUT2D eigenvalue weighted by Gasteiger charge is -2.24. The van der Waals surface area contributed by atoms with E-state index < -0.39 is 10.2 Å². The second kappa shape index (κ2) is 6.76. The van der Waals surface area contributed by atoms with Gasteiger partial charge in [-0.25, -0.2) is 0 Å². The van der Waals surface area contributed by atoms with E-state index in [1.807, 2.05) is 0 Å². The normalized spacial score (nSPS) is 19.8. The molecule has 5 nitrogen and oxygen atoms in total. The van der Waals surface area contributed by atoms with E-state index in [9.17, 15) is 8.42 Å². The molecule has 1 fully saturated rings. The van der Waals surface area contributed by atoms with Crippen LogP contribution in [0, 0.1) is 5.92 Å². The van der Waals surface area contributed by atoms with E-state index in [-0.39, 0.29) is 18.4 Å². The van der Waals surface area contributed by atoms with E-state index in [1.54, 1.807) is 0 Å². The number of halogens is 1. The van der Waals surface area contributed by atoms with Gasteiger partial charge in [0, 0.05) is 26.7 Å². The number of nitrogens with zero attached hydrogens (tertiary/aromatic N) is 1. The van der Waals surface area contributed by atoms with Gasteiger partial charge in [0.2, 0.25) is 0 Å². The highest BCUT2D eigenvalue weighted by atomic mass is 35.5. The Kier molecular flexibility index (Phi) is 6.81. The van der Waals surface area contributed by atoms with Crippen LogP contribution < -0.4 is 10.5 Å². The molecular formula is C9H22ClN3O2S. The van der Waals surface area contributed by atoms with Gasteiger partial charge in [-0.15, -0.1) is 12.4 Å². The summed E-state index contributed by atoms with van der Waals surface area (Å²) in [7, 11) is -0.307. The van der Waals surface area contributed by atoms with Gasteiger partial charge in [0.1, 0.15) is 0 Å². The molecule has 0 radical (unpaired) electrons. The highest BCUT2D eigenvalue weighted by Gasteiger charge is 2.28. The Morgan fingerprint density at radius 1 is 1.38 bits per heavy atom. The van der Waals surface area contributed by atoms with Gasteiger partial charge in [-0.2, -0.15) is 17.4 Å². The van der Waals surface area contributed by atoms with Crippen molar-refractivity contribution in [3.8, 4) is 0 Å². The molecule has 0 saturated heterocycles. The van der Waals surface area contributed by atoms with Gasteiger partial charge in [0.15, 0.2) is 0 Å². The zero-order chi connectivity index (χ0) is 11.5. The second-order valence-electron chi connectivity index (χ2n) is 4.29. The molecule has 1 saturated carbocycles. The summed E-state index contributed by atoms with van der Waals surface area (Å²) >= 11 is 0. The third-order valence-corrected chi connectivity index (χ3v) is 4.57. The predicted octanol–water partition coefficient (Wildman–Crippen LogP) is 0.322. The van der Waals surface area contributed by atoms with Crippen LogP contribution in [0.3, 0.4) is 0 Å². The van der Waals surface area contributed by atoms with E-state index in [4.69, 9.17) is 5.73 Å². The highest BCUT2D eigenvalue weighted by Crippen LogP contribution is 2.27. The lowest BCUT2D eigenvalue weighted by molar-refractivity contribution is 0.393. The van der Waals surface area contributed by atoms with Crippen molar-refractivity contribution in [2.24, 2.45) is 11.7 Å². The van der Waals surface area contributed by atoms with E-state index in [2.05, 4.69) is 4.72 Å². The minimum Gasteiger partial charge on any atom is -0.329 e. The molecular weight excluding hydrogens is 250 g/mol. The quantitative estimate of drug-likeness (QED) is 0.756. The highest BCUT2D eigenvalue weighted by molar-refractivity contribution is 7.87. The molecule has 98 valence electrons. The lowest BCUT2D eigenvalue weighted by Crippen LogP contribution is -2.48. The number of rotatable bonds is 5. The minimum atomic E-state index is -3.34. The van der Waals surface area contributed by atoms with Gasteiger partial charge in [0.25, 0.3) is 10.2 Å². The Hall–Kier alpha value is 0.120. The average Bonchev–Trinajstić information content (AvgIpc) is 2.66. The molecule has 7 heteroatoms. The fraction of sp³-hybridized carbons (Fsp3) is 1.00. The minimum absolute atomic E-state index is 0. The molecule has 1 aliphatic carbocycles. The van der Waals surface area contributed by atoms with Gasteiger partial charge in [-0.3, -0.25) is 0 Å². The van der Waals surface area contributed by atoms with Crippen LogP contribution in [0.25, 0.3) is 0 Å². The summed E-state index contributed by atoms with van der Waals surface area (Å²) < 4.78 is 27.1. The second-order valence-corrected chi connectivity index (χ2v) is 6.21. The Morgan fingerprint density at radius 3 is 2.25 bits per heavy atom. The molecule has 3 N–H and O–H groups in total. The molecule has 0 spiro atoms. The average molecular weight is 272 g/mol. The maximum Gasteiger partial charge on any atom is 0.279 e. The molecule has 1 rings (SSSR count). The molecule has 1 unspecified atom stereocenters. The van der Waals surface area contributed by atoms with Crippen LogP contribution in [-0.2, 0) is 10.2 Å². The summed E-state index contributed by atoms with van der Waals surface area (Å²) in [4.78, 5) is 0.